The zero-order chi connectivity index (χ0) is 37.8. The van der Waals surface area contributed by atoms with E-state index in [0.29, 0.717) is 12.1 Å². The highest BCUT2D eigenvalue weighted by Gasteiger charge is 2.55. The summed E-state index contributed by atoms with van der Waals surface area (Å²) in [5.41, 5.74) is -2.37. The molecule has 0 spiro atoms. The Hall–Kier alpha value is -4.48. The van der Waals surface area contributed by atoms with Crippen molar-refractivity contribution >= 4 is 50.8 Å². The van der Waals surface area contributed by atoms with Gasteiger partial charge in [-0.2, -0.15) is 0 Å². The predicted octanol–water partition coefficient (Wildman–Crippen LogP) is 7.98. The number of rotatable bonds is 6. The van der Waals surface area contributed by atoms with Crippen molar-refractivity contribution in [2.24, 2.45) is 10.8 Å². The molecule has 0 radical (unpaired) electrons. The summed E-state index contributed by atoms with van der Waals surface area (Å²) in [6.45, 7) is 10.6. The van der Waals surface area contributed by atoms with E-state index in [0.717, 1.165) is 28.4 Å². The highest BCUT2D eigenvalue weighted by Crippen LogP contribution is 2.49. The minimum atomic E-state index is -4.83. The smallest absolute Gasteiger partial charge is 0.408 e. The maximum Gasteiger partial charge on any atom is 0.408 e. The second-order valence-corrected chi connectivity index (χ2v) is 17.1. The molecule has 2 amide bonds. The largest absolute Gasteiger partial charge is 0.465 e. The van der Waals surface area contributed by atoms with Crippen molar-refractivity contribution in [1.29, 1.82) is 0 Å². The molecular formula is C33H34ClF3N6O6S2. The van der Waals surface area contributed by atoms with Gasteiger partial charge in [-0.05, 0) is 58.8 Å². The number of benzene rings is 2. The molecule has 1 saturated heterocycles. The predicted molar refractivity (Wildman–Crippen MR) is 185 cm³/mol. The molecule has 2 aromatic heterocycles. The summed E-state index contributed by atoms with van der Waals surface area (Å²) in [5, 5.41) is 21.1. The molecule has 12 nitrogen and oxygen atoms in total. The van der Waals surface area contributed by atoms with Crippen LogP contribution in [0.4, 0.5) is 28.4 Å². The SMILES string of the molecule is CC(C)(C)C1CN(C(=O)O)C(c2nc(-c3cccc(NS(=O)(=O)c4cc(F)ccc4F)c3F)c(-c3ccnc(Cl)n3)s2)C(C(C)(C)C)N1C(=O)O. The summed E-state index contributed by atoms with van der Waals surface area (Å²) < 4.78 is 72.9. The third-order valence-electron chi connectivity index (χ3n) is 8.43. The average Bonchev–Trinajstić information content (AvgIpc) is 3.46. The Kier molecular flexibility index (Phi) is 10.1. The molecule has 0 bridgehead atoms. The van der Waals surface area contributed by atoms with Gasteiger partial charge in [-0.3, -0.25) is 14.5 Å². The van der Waals surface area contributed by atoms with Crippen LogP contribution in [0.1, 0.15) is 52.6 Å². The van der Waals surface area contributed by atoms with Crippen LogP contribution in [0.15, 0.2) is 53.6 Å². The summed E-state index contributed by atoms with van der Waals surface area (Å²) in [4.78, 5) is 40.3. The van der Waals surface area contributed by atoms with E-state index in [1.54, 1.807) is 20.8 Å². The van der Waals surface area contributed by atoms with Gasteiger partial charge in [0.1, 0.15) is 27.6 Å². The molecule has 1 fully saturated rings. The lowest BCUT2D eigenvalue weighted by Crippen LogP contribution is -2.68. The Balaban J connectivity index is 1.74. The number of amides is 2. The van der Waals surface area contributed by atoms with Crippen LogP contribution in [0.5, 0.6) is 0 Å². The van der Waals surface area contributed by atoms with Crippen molar-refractivity contribution in [3.05, 3.63) is 76.4 Å². The van der Waals surface area contributed by atoms with Gasteiger partial charge in [-0.25, -0.2) is 46.1 Å². The lowest BCUT2D eigenvalue weighted by molar-refractivity contribution is -0.0723. The van der Waals surface area contributed by atoms with Gasteiger partial charge in [0.15, 0.2) is 5.82 Å². The van der Waals surface area contributed by atoms with Crippen LogP contribution in [0.3, 0.4) is 0 Å². The van der Waals surface area contributed by atoms with E-state index in [1.165, 1.54) is 29.3 Å². The first-order valence-electron chi connectivity index (χ1n) is 15.4. The number of hydrogen-bond donors (Lipinski definition) is 3. The number of thiazole rings is 1. The van der Waals surface area contributed by atoms with E-state index in [4.69, 9.17) is 16.6 Å². The molecular weight excluding hydrogens is 733 g/mol. The zero-order valence-corrected chi connectivity index (χ0v) is 30.5. The molecule has 2 aromatic carbocycles. The Labute approximate surface area is 301 Å². The normalized spacial score (nSPS) is 18.5. The number of aromatic nitrogens is 3. The molecule has 272 valence electrons. The monoisotopic (exact) mass is 766 g/mol. The first-order valence-corrected chi connectivity index (χ1v) is 18.1. The zero-order valence-electron chi connectivity index (χ0n) is 28.1. The fourth-order valence-electron chi connectivity index (χ4n) is 6.16. The van der Waals surface area contributed by atoms with Crippen molar-refractivity contribution in [2.75, 3.05) is 11.3 Å². The number of carbonyl (C=O) groups is 2. The number of sulfonamides is 1. The van der Waals surface area contributed by atoms with Gasteiger partial charge in [-0.1, -0.05) is 47.6 Å². The highest BCUT2D eigenvalue weighted by molar-refractivity contribution is 7.92. The van der Waals surface area contributed by atoms with Crippen molar-refractivity contribution in [3.63, 3.8) is 0 Å². The molecule has 51 heavy (non-hydrogen) atoms. The summed E-state index contributed by atoms with van der Waals surface area (Å²) >= 11 is 7.05. The van der Waals surface area contributed by atoms with Gasteiger partial charge in [0.05, 0.1) is 34.0 Å². The first kappa shape index (κ1) is 37.8. The van der Waals surface area contributed by atoms with E-state index in [9.17, 15) is 37.0 Å². The van der Waals surface area contributed by atoms with Crippen molar-refractivity contribution < 1.29 is 41.4 Å². The number of piperazine rings is 1. The minimum Gasteiger partial charge on any atom is -0.465 e. The summed E-state index contributed by atoms with van der Waals surface area (Å²) in [7, 11) is -4.83. The average molecular weight is 767 g/mol. The quantitative estimate of drug-likeness (QED) is 0.165. The summed E-state index contributed by atoms with van der Waals surface area (Å²) in [5.74, 6) is -3.45. The molecule has 4 aromatic rings. The van der Waals surface area contributed by atoms with Crippen LogP contribution in [-0.4, -0.2) is 74.2 Å². The maximum atomic E-state index is 16.5. The Morgan fingerprint density at radius 2 is 1.67 bits per heavy atom. The van der Waals surface area contributed by atoms with Gasteiger partial charge in [0, 0.05) is 18.3 Å². The van der Waals surface area contributed by atoms with Crippen LogP contribution >= 0.6 is 22.9 Å². The van der Waals surface area contributed by atoms with Gasteiger partial charge in [0.25, 0.3) is 10.0 Å². The molecule has 3 unspecified atom stereocenters. The third-order valence-corrected chi connectivity index (χ3v) is 11.1. The molecule has 0 saturated carbocycles. The number of halogens is 4. The number of hydrogen-bond acceptors (Lipinski definition) is 8. The topological polar surface area (TPSA) is 166 Å². The molecule has 3 N–H and O–H groups in total. The van der Waals surface area contributed by atoms with Crippen molar-refractivity contribution in [1.82, 2.24) is 24.8 Å². The summed E-state index contributed by atoms with van der Waals surface area (Å²) in [6.07, 6.45) is -1.25. The standard InChI is InChI=1S/C33H34ClF3N6O6S2/c1-32(2,3)22-15-42(30(44)45)25(27(33(4,5)6)43(22)31(46)47)28-40-24(26(50-28)20-12-13-38-29(34)39-20)17-8-7-9-19(23(17)37)41-51(48,49)21-14-16(35)10-11-18(21)36/h7-14,22,25,27,41H,15H2,1-6H3,(H,44,45)(H,46,47). The van der Waals surface area contributed by atoms with Crippen molar-refractivity contribution in [3.8, 4) is 21.8 Å². The lowest BCUT2D eigenvalue weighted by Gasteiger charge is -2.56. The molecule has 18 heteroatoms. The van der Waals surface area contributed by atoms with Crippen LogP contribution in [0.25, 0.3) is 21.8 Å². The minimum absolute atomic E-state index is 0.0990. The molecule has 5 rings (SSSR count). The Morgan fingerprint density at radius 3 is 2.25 bits per heavy atom. The van der Waals surface area contributed by atoms with Gasteiger partial charge in [0.2, 0.25) is 5.28 Å². The lowest BCUT2D eigenvalue weighted by atomic mass is 9.74. The second kappa shape index (κ2) is 13.6. The van der Waals surface area contributed by atoms with Gasteiger partial charge in [-0.15, -0.1) is 11.3 Å². The third kappa shape index (κ3) is 7.46. The number of carboxylic acid groups (broad SMARTS) is 2. The maximum absolute atomic E-state index is 16.5. The Morgan fingerprint density at radius 1 is 0.980 bits per heavy atom. The molecule has 1 aliphatic rings. The Bertz CT molecular complexity index is 2120. The van der Waals surface area contributed by atoms with E-state index >= 15 is 4.39 Å². The summed E-state index contributed by atoms with van der Waals surface area (Å²) in [6, 6.07) is 4.00. The van der Waals surface area contributed by atoms with Gasteiger partial charge < -0.3 is 10.2 Å². The number of nitrogens with zero attached hydrogens (tertiary/aromatic N) is 5. The fourth-order valence-corrected chi connectivity index (χ4v) is 8.65. The van der Waals surface area contributed by atoms with Crippen LogP contribution in [-0.2, 0) is 10.0 Å². The van der Waals surface area contributed by atoms with E-state index in [-0.39, 0.29) is 38.7 Å². The molecule has 0 aliphatic carbocycles. The fraction of sp³-hybridized carbons (Fsp3) is 0.364. The van der Waals surface area contributed by atoms with E-state index in [2.05, 4.69) is 9.97 Å². The number of anilines is 1. The number of nitrogens with one attached hydrogen (secondary N) is 1. The molecule has 1 aliphatic heterocycles. The molecule has 3 atom stereocenters. The first-order chi connectivity index (χ1) is 23.6. The highest BCUT2D eigenvalue weighted by atomic mass is 35.5. The van der Waals surface area contributed by atoms with E-state index < -0.39 is 79.2 Å². The molecule has 3 heterocycles. The van der Waals surface area contributed by atoms with Crippen LogP contribution < -0.4 is 4.72 Å². The van der Waals surface area contributed by atoms with Crippen molar-refractivity contribution in [2.45, 2.75) is 64.6 Å². The van der Waals surface area contributed by atoms with Gasteiger partial charge >= 0.3 is 12.2 Å². The van der Waals surface area contributed by atoms with E-state index in [1.807, 2.05) is 25.5 Å². The van der Waals surface area contributed by atoms with Crippen LogP contribution in [0.2, 0.25) is 5.28 Å². The second-order valence-electron chi connectivity index (χ2n) is 14.1. The van der Waals surface area contributed by atoms with Crippen LogP contribution in [0, 0.1) is 28.3 Å².